The molecule has 0 unspecified atom stereocenters. The van der Waals surface area contributed by atoms with Crippen molar-refractivity contribution < 1.29 is 14.3 Å². The molecule has 23 heavy (non-hydrogen) atoms. The third-order valence-electron chi connectivity index (χ3n) is 3.77. The van der Waals surface area contributed by atoms with Crippen molar-refractivity contribution in [2.75, 3.05) is 20.7 Å². The van der Waals surface area contributed by atoms with Crippen molar-refractivity contribution in [3.05, 3.63) is 53.9 Å². The molecule has 0 bridgehead atoms. The van der Waals surface area contributed by atoms with E-state index in [2.05, 4.69) is 4.98 Å². The molecule has 0 N–H and O–H groups in total. The molecule has 0 radical (unpaired) electrons. The lowest BCUT2D eigenvalue weighted by Crippen LogP contribution is -2.29. The number of carbonyl (C=O) groups excluding carboxylic acids is 1. The Labute approximate surface area is 135 Å². The fourth-order valence-corrected chi connectivity index (χ4v) is 2.47. The first kappa shape index (κ1) is 15.3. The van der Waals surface area contributed by atoms with Crippen LogP contribution in [-0.2, 0) is 6.42 Å². The number of carbonyl (C=O) groups is 1. The molecule has 0 fully saturated rings. The first-order chi connectivity index (χ1) is 11.1. The van der Waals surface area contributed by atoms with Crippen LogP contribution in [0.3, 0.4) is 0 Å². The maximum Gasteiger partial charge on any atom is 0.254 e. The number of aryl methyl sites for hydroxylation is 1. The fourth-order valence-electron chi connectivity index (χ4n) is 2.47. The van der Waals surface area contributed by atoms with Crippen LogP contribution in [0.15, 0.2) is 42.6 Å². The third-order valence-corrected chi connectivity index (χ3v) is 3.77. The van der Waals surface area contributed by atoms with Gasteiger partial charge in [0.25, 0.3) is 5.91 Å². The molecule has 0 saturated carbocycles. The van der Waals surface area contributed by atoms with Crippen molar-refractivity contribution in [1.82, 2.24) is 9.88 Å². The van der Waals surface area contributed by atoms with E-state index in [-0.39, 0.29) is 12.0 Å². The first-order valence-corrected chi connectivity index (χ1v) is 7.68. The van der Waals surface area contributed by atoms with E-state index >= 15 is 0 Å². The van der Waals surface area contributed by atoms with Crippen LogP contribution in [0.2, 0.25) is 0 Å². The fraction of sp³-hybridized carbons (Fsp3) is 0.333. The van der Waals surface area contributed by atoms with Crippen LogP contribution >= 0.6 is 0 Å². The van der Waals surface area contributed by atoms with Crippen molar-refractivity contribution >= 4 is 5.91 Å². The molecule has 1 aromatic carbocycles. The van der Waals surface area contributed by atoms with Gasteiger partial charge in [-0.05, 0) is 37.1 Å². The summed E-state index contributed by atoms with van der Waals surface area (Å²) >= 11 is 0. The lowest BCUT2D eigenvalue weighted by molar-refractivity contribution is 0.0826. The molecule has 2 aromatic rings. The van der Waals surface area contributed by atoms with Gasteiger partial charge in [-0.25, -0.2) is 0 Å². The number of aromatic nitrogens is 1. The number of hydrogen-bond acceptors (Lipinski definition) is 4. The van der Waals surface area contributed by atoms with Gasteiger partial charge in [0.05, 0.1) is 5.56 Å². The average molecular weight is 312 g/mol. The number of fused-ring (bicyclic) bond motifs is 1. The summed E-state index contributed by atoms with van der Waals surface area (Å²) in [7, 11) is 3.46. The number of pyridine rings is 1. The highest BCUT2D eigenvalue weighted by Gasteiger charge is 2.20. The number of hydrogen-bond donors (Lipinski definition) is 0. The zero-order valence-corrected chi connectivity index (χ0v) is 13.4. The van der Waals surface area contributed by atoms with E-state index in [0.29, 0.717) is 12.2 Å². The SMILES string of the molecule is CN(C)C(=O)c1ccc(CC[C@H]2COc3ccccc3O2)nc1. The zero-order valence-electron chi connectivity index (χ0n) is 13.4. The number of nitrogens with zero attached hydrogens (tertiary/aromatic N) is 2. The van der Waals surface area contributed by atoms with E-state index in [4.69, 9.17) is 9.47 Å². The van der Waals surface area contributed by atoms with E-state index in [0.717, 1.165) is 30.0 Å². The molecule has 1 aliphatic rings. The Bertz CT molecular complexity index is 683. The van der Waals surface area contributed by atoms with Crippen molar-refractivity contribution in [2.24, 2.45) is 0 Å². The predicted octanol–water partition coefficient (Wildman–Crippen LogP) is 2.56. The lowest BCUT2D eigenvalue weighted by atomic mass is 10.1. The average Bonchev–Trinajstić information content (AvgIpc) is 2.59. The summed E-state index contributed by atoms with van der Waals surface area (Å²) in [5.41, 5.74) is 1.55. The Kier molecular flexibility index (Phi) is 4.46. The summed E-state index contributed by atoms with van der Waals surface area (Å²) in [5, 5.41) is 0. The lowest BCUT2D eigenvalue weighted by Gasteiger charge is -2.26. The van der Waals surface area contributed by atoms with Crippen LogP contribution in [-0.4, -0.2) is 42.6 Å². The Balaban J connectivity index is 1.56. The third kappa shape index (κ3) is 3.62. The van der Waals surface area contributed by atoms with Gasteiger partial charge in [0.2, 0.25) is 0 Å². The second kappa shape index (κ2) is 6.69. The molecule has 5 heteroatoms. The molecule has 1 aliphatic heterocycles. The van der Waals surface area contributed by atoms with Gasteiger partial charge in [-0.15, -0.1) is 0 Å². The number of rotatable bonds is 4. The molecule has 0 spiro atoms. The molecule has 5 nitrogen and oxygen atoms in total. The normalized spacial score (nSPS) is 16.0. The van der Waals surface area contributed by atoms with E-state index in [9.17, 15) is 4.79 Å². The zero-order chi connectivity index (χ0) is 16.2. The van der Waals surface area contributed by atoms with Gasteiger partial charge in [-0.1, -0.05) is 12.1 Å². The number of para-hydroxylation sites is 2. The van der Waals surface area contributed by atoms with Crippen molar-refractivity contribution in [3.8, 4) is 11.5 Å². The topological polar surface area (TPSA) is 51.7 Å². The summed E-state index contributed by atoms with van der Waals surface area (Å²) in [6.07, 6.45) is 3.26. The van der Waals surface area contributed by atoms with Crippen molar-refractivity contribution in [3.63, 3.8) is 0 Å². The smallest absolute Gasteiger partial charge is 0.254 e. The van der Waals surface area contributed by atoms with Crippen LogP contribution in [0.25, 0.3) is 0 Å². The van der Waals surface area contributed by atoms with Gasteiger partial charge < -0.3 is 14.4 Å². The Morgan fingerprint density at radius 3 is 2.70 bits per heavy atom. The summed E-state index contributed by atoms with van der Waals surface area (Å²) in [4.78, 5) is 17.7. The number of amides is 1. The van der Waals surface area contributed by atoms with Crippen LogP contribution in [0, 0.1) is 0 Å². The van der Waals surface area contributed by atoms with E-state index in [1.54, 1.807) is 25.2 Å². The highest BCUT2D eigenvalue weighted by atomic mass is 16.6. The van der Waals surface area contributed by atoms with E-state index in [1.807, 2.05) is 36.4 Å². The van der Waals surface area contributed by atoms with Gasteiger partial charge in [-0.2, -0.15) is 0 Å². The molecule has 120 valence electrons. The second-order valence-corrected chi connectivity index (χ2v) is 5.77. The quantitative estimate of drug-likeness (QED) is 0.870. The maximum absolute atomic E-state index is 11.8. The standard InChI is InChI=1S/C18H20N2O3/c1-20(2)18(21)13-7-8-14(19-11-13)9-10-15-12-22-16-5-3-4-6-17(16)23-15/h3-8,11,15H,9-10,12H2,1-2H3/t15-/m0/s1. The summed E-state index contributed by atoms with van der Waals surface area (Å²) < 4.78 is 11.6. The Morgan fingerprint density at radius 1 is 1.22 bits per heavy atom. The van der Waals surface area contributed by atoms with Gasteiger partial charge >= 0.3 is 0 Å². The molecule has 2 heterocycles. The minimum absolute atomic E-state index is 0.0229. The van der Waals surface area contributed by atoms with Gasteiger partial charge in [-0.3, -0.25) is 9.78 Å². The summed E-state index contributed by atoms with van der Waals surface area (Å²) in [6.45, 7) is 0.550. The van der Waals surface area contributed by atoms with Gasteiger partial charge in [0, 0.05) is 26.0 Å². The molecule has 1 atom stereocenters. The highest BCUT2D eigenvalue weighted by molar-refractivity contribution is 5.93. The van der Waals surface area contributed by atoms with Crippen LogP contribution in [0.5, 0.6) is 11.5 Å². The van der Waals surface area contributed by atoms with Crippen LogP contribution in [0.1, 0.15) is 22.5 Å². The minimum atomic E-state index is -0.0373. The molecule has 1 amide bonds. The van der Waals surface area contributed by atoms with E-state index in [1.165, 1.54) is 0 Å². The van der Waals surface area contributed by atoms with Gasteiger partial charge in [0.1, 0.15) is 12.7 Å². The molecular weight excluding hydrogens is 292 g/mol. The number of benzene rings is 1. The molecule has 3 rings (SSSR count). The summed E-state index contributed by atoms with van der Waals surface area (Å²) in [6, 6.07) is 11.4. The first-order valence-electron chi connectivity index (χ1n) is 7.68. The molecule has 0 aliphatic carbocycles. The van der Waals surface area contributed by atoms with Crippen LogP contribution in [0.4, 0.5) is 0 Å². The maximum atomic E-state index is 11.8. The van der Waals surface area contributed by atoms with Crippen molar-refractivity contribution in [1.29, 1.82) is 0 Å². The van der Waals surface area contributed by atoms with Crippen molar-refractivity contribution in [2.45, 2.75) is 18.9 Å². The minimum Gasteiger partial charge on any atom is -0.486 e. The molecule has 0 saturated heterocycles. The van der Waals surface area contributed by atoms with Crippen LogP contribution < -0.4 is 9.47 Å². The second-order valence-electron chi connectivity index (χ2n) is 5.77. The highest BCUT2D eigenvalue weighted by Crippen LogP contribution is 2.31. The Morgan fingerprint density at radius 2 is 2.00 bits per heavy atom. The Hall–Kier alpha value is -2.56. The summed E-state index contributed by atoms with van der Waals surface area (Å²) in [5.74, 6) is 1.56. The largest absolute Gasteiger partial charge is 0.486 e. The van der Waals surface area contributed by atoms with E-state index < -0.39 is 0 Å². The monoisotopic (exact) mass is 312 g/mol. The van der Waals surface area contributed by atoms with Gasteiger partial charge in [0.15, 0.2) is 11.5 Å². The predicted molar refractivity (Wildman–Crippen MR) is 86.9 cm³/mol. The molecule has 1 aromatic heterocycles. The molecular formula is C18H20N2O3. The number of ether oxygens (including phenoxy) is 2.